The van der Waals surface area contributed by atoms with Crippen LogP contribution in [-0.4, -0.2) is 25.0 Å². The molecule has 0 aliphatic rings. The molecule has 0 spiro atoms. The summed E-state index contributed by atoms with van der Waals surface area (Å²) in [4.78, 5) is 23.8. The van der Waals surface area contributed by atoms with E-state index in [1.807, 2.05) is 38.1 Å². The monoisotopic (exact) mass is 326 g/mol. The molecule has 0 heterocycles. The van der Waals surface area contributed by atoms with Crippen molar-refractivity contribution in [3.05, 3.63) is 59.7 Å². The molecule has 0 fully saturated rings. The second-order valence-corrected chi connectivity index (χ2v) is 5.45. The number of ether oxygens (including phenoxy) is 1. The maximum Gasteiger partial charge on any atom is 0.243 e. The Balaban J connectivity index is 1.77. The summed E-state index contributed by atoms with van der Waals surface area (Å²) in [7, 11) is 0. The maximum absolute atomic E-state index is 11.9. The Morgan fingerprint density at radius 3 is 2.46 bits per heavy atom. The molecule has 2 aromatic carbocycles. The first-order valence-corrected chi connectivity index (χ1v) is 7.92. The van der Waals surface area contributed by atoms with Crippen LogP contribution in [0.1, 0.15) is 18.1 Å². The van der Waals surface area contributed by atoms with Crippen LogP contribution in [-0.2, 0) is 16.0 Å². The largest absolute Gasteiger partial charge is 0.494 e. The van der Waals surface area contributed by atoms with Crippen molar-refractivity contribution in [1.29, 1.82) is 0 Å². The lowest BCUT2D eigenvalue weighted by molar-refractivity contribution is -0.123. The summed E-state index contributed by atoms with van der Waals surface area (Å²) < 4.78 is 5.34. The molecule has 0 radical (unpaired) electrons. The second kappa shape index (κ2) is 8.72. The van der Waals surface area contributed by atoms with Crippen molar-refractivity contribution < 1.29 is 14.3 Å². The Morgan fingerprint density at radius 1 is 1.04 bits per heavy atom. The van der Waals surface area contributed by atoms with Crippen LogP contribution in [0.2, 0.25) is 0 Å². The summed E-state index contributed by atoms with van der Waals surface area (Å²) in [6.45, 7) is 4.43. The van der Waals surface area contributed by atoms with Gasteiger partial charge in [-0.15, -0.1) is 0 Å². The van der Waals surface area contributed by atoms with Crippen molar-refractivity contribution in [2.75, 3.05) is 18.5 Å². The van der Waals surface area contributed by atoms with E-state index in [1.165, 1.54) is 0 Å². The molecule has 0 aliphatic carbocycles. The third kappa shape index (κ3) is 5.76. The van der Waals surface area contributed by atoms with E-state index in [9.17, 15) is 9.59 Å². The third-order valence-corrected chi connectivity index (χ3v) is 3.34. The lowest BCUT2D eigenvalue weighted by Crippen LogP contribution is -2.33. The van der Waals surface area contributed by atoms with Crippen LogP contribution in [0.25, 0.3) is 0 Å². The van der Waals surface area contributed by atoms with Crippen LogP contribution in [0.3, 0.4) is 0 Å². The fourth-order valence-electron chi connectivity index (χ4n) is 2.26. The maximum atomic E-state index is 11.9. The summed E-state index contributed by atoms with van der Waals surface area (Å²) >= 11 is 0. The summed E-state index contributed by atoms with van der Waals surface area (Å²) in [5, 5.41) is 5.36. The summed E-state index contributed by atoms with van der Waals surface area (Å²) in [5.74, 6) is 0.307. The number of hydrogen-bond donors (Lipinski definition) is 2. The quantitative estimate of drug-likeness (QED) is 0.822. The number of rotatable bonds is 7. The molecule has 0 saturated heterocycles. The minimum absolute atomic E-state index is 0.0577. The smallest absolute Gasteiger partial charge is 0.243 e. The van der Waals surface area contributed by atoms with Crippen LogP contribution >= 0.6 is 0 Å². The van der Waals surface area contributed by atoms with Gasteiger partial charge in [0.05, 0.1) is 19.6 Å². The van der Waals surface area contributed by atoms with E-state index < -0.39 is 0 Å². The zero-order valence-electron chi connectivity index (χ0n) is 14.0. The Kier molecular flexibility index (Phi) is 6.37. The van der Waals surface area contributed by atoms with Gasteiger partial charge < -0.3 is 15.4 Å². The van der Waals surface area contributed by atoms with Crippen molar-refractivity contribution in [2.45, 2.75) is 20.3 Å². The normalized spacial score (nSPS) is 10.1. The van der Waals surface area contributed by atoms with Gasteiger partial charge in [0.1, 0.15) is 5.75 Å². The average Bonchev–Trinajstić information content (AvgIpc) is 2.55. The standard InChI is InChI=1S/C19H22N2O3/c1-3-24-17-9-7-16(8-10-17)21-19(23)13-20-18(22)12-15-6-4-5-14(2)11-15/h4-11H,3,12-13H2,1-2H3,(H,20,22)(H,21,23). The number of aryl methyl sites for hydroxylation is 1. The van der Waals surface area contributed by atoms with Crippen LogP contribution < -0.4 is 15.4 Å². The van der Waals surface area contributed by atoms with Crippen molar-refractivity contribution >= 4 is 17.5 Å². The van der Waals surface area contributed by atoms with E-state index in [0.29, 0.717) is 12.3 Å². The van der Waals surface area contributed by atoms with Gasteiger partial charge in [-0.05, 0) is 43.7 Å². The Labute approximate surface area is 142 Å². The molecule has 24 heavy (non-hydrogen) atoms. The highest BCUT2D eigenvalue weighted by Crippen LogP contribution is 2.15. The van der Waals surface area contributed by atoms with E-state index in [4.69, 9.17) is 4.74 Å². The molecule has 2 aromatic rings. The van der Waals surface area contributed by atoms with E-state index in [-0.39, 0.29) is 24.8 Å². The molecule has 5 heteroatoms. The van der Waals surface area contributed by atoms with Gasteiger partial charge in [-0.25, -0.2) is 0 Å². The molecule has 2 N–H and O–H groups in total. The molecule has 5 nitrogen and oxygen atoms in total. The predicted octanol–water partition coefficient (Wildman–Crippen LogP) is 2.69. The summed E-state index contributed by atoms with van der Waals surface area (Å²) in [6, 6.07) is 14.8. The number of carbonyl (C=O) groups excluding carboxylic acids is 2. The fraction of sp³-hybridized carbons (Fsp3) is 0.263. The molecular weight excluding hydrogens is 304 g/mol. The minimum atomic E-state index is -0.267. The number of amides is 2. The van der Waals surface area contributed by atoms with Crippen molar-refractivity contribution in [1.82, 2.24) is 5.32 Å². The summed E-state index contributed by atoms with van der Waals surface area (Å²) in [6.07, 6.45) is 0.262. The molecule has 0 atom stereocenters. The highest BCUT2D eigenvalue weighted by atomic mass is 16.5. The molecule has 2 rings (SSSR count). The van der Waals surface area contributed by atoms with E-state index in [1.54, 1.807) is 24.3 Å². The van der Waals surface area contributed by atoms with Crippen molar-refractivity contribution in [2.24, 2.45) is 0 Å². The zero-order valence-corrected chi connectivity index (χ0v) is 14.0. The molecular formula is C19H22N2O3. The van der Waals surface area contributed by atoms with E-state index >= 15 is 0 Å². The van der Waals surface area contributed by atoms with Gasteiger partial charge in [0.25, 0.3) is 0 Å². The van der Waals surface area contributed by atoms with Crippen molar-refractivity contribution in [3.8, 4) is 5.75 Å². The molecule has 0 aliphatic heterocycles. The average molecular weight is 326 g/mol. The lowest BCUT2D eigenvalue weighted by Gasteiger charge is -2.08. The fourth-order valence-corrected chi connectivity index (χ4v) is 2.26. The zero-order chi connectivity index (χ0) is 17.4. The van der Waals surface area contributed by atoms with Crippen LogP contribution in [0.4, 0.5) is 5.69 Å². The van der Waals surface area contributed by atoms with E-state index in [0.717, 1.165) is 16.9 Å². The number of nitrogens with one attached hydrogen (secondary N) is 2. The third-order valence-electron chi connectivity index (χ3n) is 3.34. The highest BCUT2D eigenvalue weighted by molar-refractivity contribution is 5.94. The SMILES string of the molecule is CCOc1ccc(NC(=O)CNC(=O)Cc2cccc(C)c2)cc1. The number of anilines is 1. The Morgan fingerprint density at radius 2 is 1.79 bits per heavy atom. The summed E-state index contributed by atoms with van der Waals surface area (Å²) in [5.41, 5.74) is 2.70. The van der Waals surface area contributed by atoms with Gasteiger partial charge in [0.15, 0.2) is 0 Å². The van der Waals surface area contributed by atoms with Crippen LogP contribution in [0.5, 0.6) is 5.75 Å². The highest BCUT2D eigenvalue weighted by Gasteiger charge is 2.07. The topological polar surface area (TPSA) is 67.4 Å². The van der Waals surface area contributed by atoms with Crippen LogP contribution in [0.15, 0.2) is 48.5 Å². The first-order chi connectivity index (χ1) is 11.6. The minimum Gasteiger partial charge on any atom is -0.494 e. The van der Waals surface area contributed by atoms with Gasteiger partial charge in [-0.1, -0.05) is 29.8 Å². The molecule has 0 aromatic heterocycles. The number of benzene rings is 2. The second-order valence-electron chi connectivity index (χ2n) is 5.45. The number of hydrogen-bond acceptors (Lipinski definition) is 3. The first kappa shape index (κ1) is 17.5. The number of carbonyl (C=O) groups is 2. The molecule has 0 bridgehead atoms. The van der Waals surface area contributed by atoms with Crippen LogP contribution in [0, 0.1) is 6.92 Å². The van der Waals surface area contributed by atoms with Gasteiger partial charge in [0.2, 0.25) is 11.8 Å². The molecule has 2 amide bonds. The molecule has 126 valence electrons. The van der Waals surface area contributed by atoms with Gasteiger partial charge in [-0.2, -0.15) is 0 Å². The van der Waals surface area contributed by atoms with Gasteiger partial charge >= 0.3 is 0 Å². The molecule has 0 saturated carbocycles. The van der Waals surface area contributed by atoms with E-state index in [2.05, 4.69) is 10.6 Å². The van der Waals surface area contributed by atoms with Crippen molar-refractivity contribution in [3.63, 3.8) is 0 Å². The predicted molar refractivity (Wildman–Crippen MR) is 94.1 cm³/mol. The Hall–Kier alpha value is -2.82. The first-order valence-electron chi connectivity index (χ1n) is 7.92. The van der Waals surface area contributed by atoms with Gasteiger partial charge in [-0.3, -0.25) is 9.59 Å². The molecule has 0 unspecified atom stereocenters. The Bertz CT molecular complexity index is 696. The lowest BCUT2D eigenvalue weighted by atomic mass is 10.1. The van der Waals surface area contributed by atoms with Gasteiger partial charge in [0, 0.05) is 5.69 Å².